The van der Waals surface area contributed by atoms with Crippen molar-refractivity contribution in [1.82, 2.24) is 25.8 Å². The standard InChI is InChI=1S/C40H49N5O3/c1-44(2)24-8-13-36(32-20-22-41-23-21-32)42-27-38-39(46)43-37(26-30-14-17-31-9-6-7-10-33(31)25-30)40(47)45(38)28-29-15-18-35(19-16-29)48-34-11-4-3-5-12-34/h3-7,9-12,14-19,25,32,36-38,41-42H,8,13,20-24,26-28H2,1-2H3,(H,43,46)/t36?,37-,38-/m0/s1. The van der Waals surface area contributed by atoms with E-state index in [2.05, 4.69) is 65.3 Å². The van der Waals surface area contributed by atoms with E-state index in [0.717, 1.165) is 78.7 Å². The average molecular weight is 648 g/mol. The van der Waals surface area contributed by atoms with Gasteiger partial charge < -0.3 is 30.5 Å². The fourth-order valence-electron chi connectivity index (χ4n) is 7.08. The smallest absolute Gasteiger partial charge is 0.246 e. The zero-order chi connectivity index (χ0) is 33.3. The molecule has 3 atom stereocenters. The largest absolute Gasteiger partial charge is 0.457 e. The van der Waals surface area contributed by atoms with E-state index >= 15 is 0 Å². The van der Waals surface area contributed by atoms with Crippen LogP contribution in [0.3, 0.4) is 0 Å². The summed E-state index contributed by atoms with van der Waals surface area (Å²) in [4.78, 5) is 32.2. The van der Waals surface area contributed by atoms with Gasteiger partial charge in [0, 0.05) is 25.6 Å². The summed E-state index contributed by atoms with van der Waals surface area (Å²) in [6.45, 7) is 3.83. The molecule has 2 fully saturated rings. The molecule has 1 unspecified atom stereocenters. The van der Waals surface area contributed by atoms with E-state index in [1.165, 1.54) is 0 Å². The number of benzene rings is 4. The number of nitrogens with one attached hydrogen (secondary N) is 3. The normalized spacial score (nSPS) is 19.4. The molecule has 2 saturated heterocycles. The molecule has 2 aliphatic rings. The third-order valence-corrected chi connectivity index (χ3v) is 9.73. The molecular formula is C40H49N5O3. The molecule has 2 amide bonds. The summed E-state index contributed by atoms with van der Waals surface area (Å²) < 4.78 is 6.00. The monoisotopic (exact) mass is 647 g/mol. The molecule has 48 heavy (non-hydrogen) atoms. The van der Waals surface area contributed by atoms with Gasteiger partial charge in [0.15, 0.2) is 0 Å². The molecule has 8 nitrogen and oxygen atoms in total. The molecule has 0 aromatic heterocycles. The van der Waals surface area contributed by atoms with Crippen LogP contribution in [0, 0.1) is 5.92 Å². The van der Waals surface area contributed by atoms with Crippen molar-refractivity contribution in [2.24, 2.45) is 5.92 Å². The summed E-state index contributed by atoms with van der Waals surface area (Å²) in [6.07, 6.45) is 4.80. The Morgan fingerprint density at radius 1 is 0.854 bits per heavy atom. The molecule has 0 aliphatic carbocycles. The van der Waals surface area contributed by atoms with Crippen LogP contribution in [0.25, 0.3) is 10.8 Å². The van der Waals surface area contributed by atoms with Crippen LogP contribution >= 0.6 is 0 Å². The highest BCUT2D eigenvalue weighted by atomic mass is 16.5. The average Bonchev–Trinajstić information content (AvgIpc) is 3.10. The highest BCUT2D eigenvalue weighted by molar-refractivity contribution is 5.97. The molecule has 2 aliphatic heterocycles. The first-order valence-corrected chi connectivity index (χ1v) is 17.4. The zero-order valence-electron chi connectivity index (χ0n) is 28.2. The van der Waals surface area contributed by atoms with Crippen LogP contribution in [0.4, 0.5) is 0 Å². The molecule has 8 heteroatoms. The van der Waals surface area contributed by atoms with E-state index < -0.39 is 12.1 Å². The summed E-state index contributed by atoms with van der Waals surface area (Å²) in [5, 5.41) is 12.7. The Bertz CT molecular complexity index is 1640. The van der Waals surface area contributed by atoms with Gasteiger partial charge in [-0.3, -0.25) is 9.59 Å². The molecule has 3 N–H and O–H groups in total. The summed E-state index contributed by atoms with van der Waals surface area (Å²) >= 11 is 0. The Kier molecular flexibility index (Phi) is 11.4. The fourth-order valence-corrected chi connectivity index (χ4v) is 7.08. The number of carbonyl (C=O) groups excluding carboxylic acids is 2. The van der Waals surface area contributed by atoms with Gasteiger partial charge in [-0.1, -0.05) is 72.8 Å². The molecule has 4 aromatic rings. The van der Waals surface area contributed by atoms with Crippen molar-refractivity contribution in [1.29, 1.82) is 0 Å². The highest BCUT2D eigenvalue weighted by Gasteiger charge is 2.41. The van der Waals surface area contributed by atoms with E-state index in [-0.39, 0.29) is 11.8 Å². The predicted molar refractivity (Wildman–Crippen MR) is 192 cm³/mol. The molecule has 6 rings (SSSR count). The number of fused-ring (bicyclic) bond motifs is 1. The minimum absolute atomic E-state index is 0.0507. The molecular weight excluding hydrogens is 598 g/mol. The summed E-state index contributed by atoms with van der Waals surface area (Å²) in [5.41, 5.74) is 1.98. The Balaban J connectivity index is 1.20. The lowest BCUT2D eigenvalue weighted by molar-refractivity contribution is -0.150. The zero-order valence-corrected chi connectivity index (χ0v) is 28.2. The number of nitrogens with zero attached hydrogens (tertiary/aromatic N) is 2. The Hall–Kier alpha value is -4.24. The van der Waals surface area contributed by atoms with Crippen LogP contribution in [-0.2, 0) is 22.6 Å². The van der Waals surface area contributed by atoms with E-state index in [1.54, 1.807) is 4.90 Å². The van der Waals surface area contributed by atoms with E-state index in [9.17, 15) is 9.59 Å². The lowest BCUT2D eigenvalue weighted by Gasteiger charge is -2.40. The maximum absolute atomic E-state index is 14.3. The first-order chi connectivity index (χ1) is 23.4. The van der Waals surface area contributed by atoms with Gasteiger partial charge in [0.1, 0.15) is 23.6 Å². The van der Waals surface area contributed by atoms with Gasteiger partial charge in [0.25, 0.3) is 0 Å². The molecule has 0 radical (unpaired) electrons. The van der Waals surface area contributed by atoms with Gasteiger partial charge in [-0.2, -0.15) is 0 Å². The van der Waals surface area contributed by atoms with Gasteiger partial charge >= 0.3 is 0 Å². The number of carbonyl (C=O) groups is 2. The number of rotatable bonds is 14. The topological polar surface area (TPSA) is 85.9 Å². The minimum Gasteiger partial charge on any atom is -0.457 e. The third kappa shape index (κ3) is 8.81. The quantitative estimate of drug-likeness (QED) is 0.171. The highest BCUT2D eigenvalue weighted by Crippen LogP contribution is 2.25. The lowest BCUT2D eigenvalue weighted by Crippen LogP contribution is -2.66. The van der Waals surface area contributed by atoms with Gasteiger partial charge in [-0.25, -0.2) is 0 Å². The van der Waals surface area contributed by atoms with E-state index in [1.807, 2.05) is 66.7 Å². The Morgan fingerprint density at radius 2 is 1.54 bits per heavy atom. The first kappa shape index (κ1) is 33.7. The van der Waals surface area contributed by atoms with Crippen LogP contribution in [0.1, 0.15) is 36.8 Å². The molecule has 2 heterocycles. The van der Waals surface area contributed by atoms with Crippen LogP contribution in [0.15, 0.2) is 97.1 Å². The summed E-state index contributed by atoms with van der Waals surface area (Å²) in [5.74, 6) is 1.88. The minimum atomic E-state index is -0.629. The van der Waals surface area contributed by atoms with Gasteiger partial charge in [0.2, 0.25) is 11.8 Å². The molecule has 0 bridgehead atoms. The van der Waals surface area contributed by atoms with Crippen LogP contribution in [0.2, 0.25) is 0 Å². The fraction of sp³-hybridized carbons (Fsp3) is 0.400. The second-order valence-corrected chi connectivity index (χ2v) is 13.5. The summed E-state index contributed by atoms with van der Waals surface area (Å²) in [7, 11) is 4.22. The number of amides is 2. The van der Waals surface area contributed by atoms with Crippen molar-refractivity contribution in [2.75, 3.05) is 40.3 Å². The van der Waals surface area contributed by atoms with Crippen LogP contribution < -0.4 is 20.7 Å². The van der Waals surface area contributed by atoms with Crippen molar-refractivity contribution in [3.63, 3.8) is 0 Å². The van der Waals surface area contributed by atoms with Crippen LogP contribution in [-0.4, -0.2) is 80.0 Å². The van der Waals surface area contributed by atoms with E-state index in [0.29, 0.717) is 31.5 Å². The molecule has 252 valence electrons. The SMILES string of the molecule is CN(C)CCCC(NC[C@H]1C(=O)N[C@@H](Cc2ccc3ccccc3c2)C(=O)N1Cc1ccc(Oc2ccccc2)cc1)C1CCNCC1. The van der Waals surface area contributed by atoms with Crippen molar-refractivity contribution >= 4 is 22.6 Å². The van der Waals surface area contributed by atoms with Crippen molar-refractivity contribution in [2.45, 2.75) is 56.8 Å². The molecule has 0 spiro atoms. The second kappa shape index (κ2) is 16.2. The summed E-state index contributed by atoms with van der Waals surface area (Å²) in [6, 6.07) is 31.0. The number of piperazine rings is 1. The maximum atomic E-state index is 14.3. The van der Waals surface area contributed by atoms with E-state index in [4.69, 9.17) is 4.74 Å². The number of hydrogen-bond acceptors (Lipinski definition) is 6. The van der Waals surface area contributed by atoms with Gasteiger partial charge in [-0.15, -0.1) is 0 Å². The van der Waals surface area contributed by atoms with Gasteiger partial charge in [0.05, 0.1) is 0 Å². The Labute approximate surface area is 284 Å². The number of para-hydroxylation sites is 1. The lowest BCUT2D eigenvalue weighted by atomic mass is 9.87. The third-order valence-electron chi connectivity index (χ3n) is 9.73. The first-order valence-electron chi connectivity index (χ1n) is 17.4. The molecule has 0 saturated carbocycles. The predicted octanol–water partition coefficient (Wildman–Crippen LogP) is 5.37. The number of hydrogen-bond donors (Lipinski definition) is 3. The van der Waals surface area contributed by atoms with Crippen LogP contribution in [0.5, 0.6) is 11.5 Å². The van der Waals surface area contributed by atoms with Crippen molar-refractivity contribution < 1.29 is 14.3 Å². The van der Waals surface area contributed by atoms with Gasteiger partial charge in [-0.05, 0) is 111 Å². The number of ether oxygens (including phenoxy) is 1. The van der Waals surface area contributed by atoms with Crippen molar-refractivity contribution in [3.05, 3.63) is 108 Å². The number of piperidine rings is 1. The van der Waals surface area contributed by atoms with Crippen molar-refractivity contribution in [3.8, 4) is 11.5 Å². The maximum Gasteiger partial charge on any atom is 0.246 e. The second-order valence-electron chi connectivity index (χ2n) is 13.5. The Morgan fingerprint density at radius 3 is 2.29 bits per heavy atom. The molecule has 4 aromatic carbocycles.